The molecule has 5 nitrogen and oxygen atoms in total. The lowest BCUT2D eigenvalue weighted by Gasteiger charge is -2.22. The molecule has 0 heterocycles. The number of hydrogen-bond acceptors (Lipinski definition) is 3. The quantitative estimate of drug-likeness (QED) is 0.731. The molecule has 1 N–H and O–H groups in total. The average Bonchev–Trinajstić information content (AvgIpc) is 2.59. The fourth-order valence-electron chi connectivity index (χ4n) is 2.43. The number of likely N-dealkylation sites (N-methyl/N-ethyl adjacent to an activating group) is 1. The number of nitrogens with one attached hydrogen (secondary N) is 1. The standard InChI is InChI=1S/C20H23BrN2O3/c1-4-23(13-19(24)22-14(2)3)20(25)17-10-5-6-11-18(17)26-16-9-7-8-15(21)12-16/h5-12,14H,4,13H2,1-3H3,(H,22,24). The lowest BCUT2D eigenvalue weighted by atomic mass is 10.1. The SMILES string of the molecule is CCN(CC(=O)NC(C)C)C(=O)c1ccccc1Oc1cccc(Br)c1. The Bertz CT molecular complexity index is 777. The van der Waals surface area contributed by atoms with Crippen molar-refractivity contribution in [2.75, 3.05) is 13.1 Å². The third-order valence-electron chi connectivity index (χ3n) is 3.59. The van der Waals surface area contributed by atoms with E-state index in [9.17, 15) is 9.59 Å². The van der Waals surface area contributed by atoms with Crippen LogP contribution in [0.15, 0.2) is 53.0 Å². The predicted molar refractivity (Wildman–Crippen MR) is 106 cm³/mol. The molecule has 0 aliphatic heterocycles. The molecule has 2 rings (SSSR count). The maximum Gasteiger partial charge on any atom is 0.258 e. The summed E-state index contributed by atoms with van der Waals surface area (Å²) in [5.74, 6) is 0.663. The van der Waals surface area contributed by atoms with E-state index in [1.807, 2.05) is 51.1 Å². The van der Waals surface area contributed by atoms with E-state index in [0.29, 0.717) is 23.6 Å². The molecule has 0 saturated carbocycles. The molecule has 0 bridgehead atoms. The van der Waals surface area contributed by atoms with E-state index in [1.54, 1.807) is 18.2 Å². The summed E-state index contributed by atoms with van der Waals surface area (Å²) in [4.78, 5) is 26.5. The minimum atomic E-state index is -0.239. The molecule has 26 heavy (non-hydrogen) atoms. The van der Waals surface area contributed by atoms with Gasteiger partial charge in [0.2, 0.25) is 5.91 Å². The van der Waals surface area contributed by atoms with Crippen LogP contribution in [0.2, 0.25) is 0 Å². The fourth-order valence-corrected chi connectivity index (χ4v) is 2.81. The molecule has 138 valence electrons. The Morgan fingerprint density at radius 3 is 2.54 bits per heavy atom. The van der Waals surface area contributed by atoms with Crippen LogP contribution in [0.25, 0.3) is 0 Å². The Balaban J connectivity index is 2.21. The van der Waals surface area contributed by atoms with E-state index in [-0.39, 0.29) is 24.4 Å². The number of nitrogens with zero attached hydrogens (tertiary/aromatic N) is 1. The van der Waals surface area contributed by atoms with Crippen molar-refractivity contribution in [3.8, 4) is 11.5 Å². The third-order valence-corrected chi connectivity index (χ3v) is 4.09. The highest BCUT2D eigenvalue weighted by molar-refractivity contribution is 9.10. The highest BCUT2D eigenvalue weighted by atomic mass is 79.9. The number of carbonyl (C=O) groups is 2. The monoisotopic (exact) mass is 418 g/mol. The molecule has 0 spiro atoms. The number of amides is 2. The number of carbonyl (C=O) groups excluding carboxylic acids is 2. The van der Waals surface area contributed by atoms with Gasteiger partial charge >= 0.3 is 0 Å². The summed E-state index contributed by atoms with van der Waals surface area (Å²) in [6, 6.07) is 14.5. The van der Waals surface area contributed by atoms with Crippen molar-refractivity contribution in [1.29, 1.82) is 0 Å². The lowest BCUT2D eigenvalue weighted by Crippen LogP contribution is -2.42. The van der Waals surface area contributed by atoms with Crippen molar-refractivity contribution < 1.29 is 14.3 Å². The van der Waals surface area contributed by atoms with Crippen molar-refractivity contribution in [1.82, 2.24) is 10.2 Å². The van der Waals surface area contributed by atoms with Crippen molar-refractivity contribution in [2.45, 2.75) is 26.8 Å². The molecule has 0 unspecified atom stereocenters. The van der Waals surface area contributed by atoms with Crippen LogP contribution in [0, 0.1) is 0 Å². The zero-order chi connectivity index (χ0) is 19.1. The number of para-hydroxylation sites is 1. The molecule has 0 radical (unpaired) electrons. The second kappa shape index (κ2) is 9.38. The molecule has 2 amide bonds. The van der Waals surface area contributed by atoms with Crippen molar-refractivity contribution in [3.05, 3.63) is 58.6 Å². The van der Waals surface area contributed by atoms with Gasteiger partial charge in [0.15, 0.2) is 0 Å². The van der Waals surface area contributed by atoms with Gasteiger partial charge in [0.25, 0.3) is 5.91 Å². The Morgan fingerprint density at radius 1 is 1.15 bits per heavy atom. The highest BCUT2D eigenvalue weighted by Crippen LogP contribution is 2.28. The highest BCUT2D eigenvalue weighted by Gasteiger charge is 2.21. The third kappa shape index (κ3) is 5.59. The molecule has 0 aliphatic rings. The summed E-state index contributed by atoms with van der Waals surface area (Å²) >= 11 is 3.40. The van der Waals surface area contributed by atoms with Gasteiger partial charge in [-0.1, -0.05) is 34.1 Å². The van der Waals surface area contributed by atoms with E-state index in [0.717, 1.165) is 4.47 Å². The molecule has 6 heteroatoms. The van der Waals surface area contributed by atoms with Gasteiger partial charge in [-0.15, -0.1) is 0 Å². The van der Waals surface area contributed by atoms with Crippen LogP contribution < -0.4 is 10.1 Å². The number of halogens is 1. The van der Waals surface area contributed by atoms with Crippen LogP contribution in [0.5, 0.6) is 11.5 Å². The van der Waals surface area contributed by atoms with E-state index < -0.39 is 0 Å². The van der Waals surface area contributed by atoms with Gasteiger partial charge in [0, 0.05) is 17.1 Å². The minimum absolute atomic E-state index is 0.0126. The predicted octanol–water partition coefficient (Wildman–Crippen LogP) is 4.23. The zero-order valence-electron chi connectivity index (χ0n) is 15.2. The maximum atomic E-state index is 12.9. The van der Waals surface area contributed by atoms with E-state index >= 15 is 0 Å². The van der Waals surface area contributed by atoms with Crippen LogP contribution >= 0.6 is 15.9 Å². The molecule has 2 aromatic carbocycles. The normalized spacial score (nSPS) is 10.5. The average molecular weight is 419 g/mol. The van der Waals surface area contributed by atoms with Crippen molar-refractivity contribution >= 4 is 27.7 Å². The summed E-state index contributed by atoms with van der Waals surface area (Å²) in [5.41, 5.74) is 0.423. The summed E-state index contributed by atoms with van der Waals surface area (Å²) in [5, 5.41) is 2.81. The van der Waals surface area contributed by atoms with E-state index in [1.165, 1.54) is 4.90 Å². The summed E-state index contributed by atoms with van der Waals surface area (Å²) in [6.07, 6.45) is 0. The Kier molecular flexibility index (Phi) is 7.21. The Labute approximate surface area is 162 Å². The molecular weight excluding hydrogens is 396 g/mol. The van der Waals surface area contributed by atoms with Gasteiger partial charge in [-0.3, -0.25) is 9.59 Å². The first kappa shape index (κ1) is 20.0. The first-order valence-electron chi connectivity index (χ1n) is 8.51. The van der Waals surface area contributed by atoms with Gasteiger partial charge in [-0.2, -0.15) is 0 Å². The molecular formula is C20H23BrN2O3. The van der Waals surface area contributed by atoms with Gasteiger partial charge in [-0.25, -0.2) is 0 Å². The number of hydrogen-bond donors (Lipinski definition) is 1. The summed E-state index contributed by atoms with van der Waals surface area (Å²) in [6.45, 7) is 6.06. The minimum Gasteiger partial charge on any atom is -0.456 e. The Hall–Kier alpha value is -2.34. The number of ether oxygens (including phenoxy) is 1. The van der Waals surface area contributed by atoms with E-state index in [4.69, 9.17) is 4.74 Å². The maximum absolute atomic E-state index is 12.9. The number of benzene rings is 2. The first-order chi connectivity index (χ1) is 12.4. The second-order valence-electron chi connectivity index (χ2n) is 6.10. The molecule has 0 saturated heterocycles. The molecule has 0 aliphatic carbocycles. The van der Waals surface area contributed by atoms with Gasteiger partial charge < -0.3 is 15.0 Å². The van der Waals surface area contributed by atoms with Crippen LogP contribution in [-0.2, 0) is 4.79 Å². The molecule has 0 atom stereocenters. The van der Waals surface area contributed by atoms with Crippen molar-refractivity contribution in [2.24, 2.45) is 0 Å². The first-order valence-corrected chi connectivity index (χ1v) is 9.31. The second-order valence-corrected chi connectivity index (χ2v) is 7.01. The van der Waals surface area contributed by atoms with Gasteiger partial charge in [-0.05, 0) is 51.1 Å². The van der Waals surface area contributed by atoms with Crippen LogP contribution in [0.4, 0.5) is 0 Å². The Morgan fingerprint density at radius 2 is 1.88 bits per heavy atom. The summed E-state index contributed by atoms with van der Waals surface area (Å²) < 4.78 is 6.79. The largest absolute Gasteiger partial charge is 0.456 e. The molecule has 0 aromatic heterocycles. The van der Waals surface area contributed by atoms with Gasteiger partial charge in [0.1, 0.15) is 11.5 Å². The zero-order valence-corrected chi connectivity index (χ0v) is 16.7. The van der Waals surface area contributed by atoms with Crippen LogP contribution in [0.1, 0.15) is 31.1 Å². The van der Waals surface area contributed by atoms with Crippen LogP contribution in [-0.4, -0.2) is 35.8 Å². The lowest BCUT2D eigenvalue weighted by molar-refractivity contribution is -0.122. The smallest absolute Gasteiger partial charge is 0.258 e. The van der Waals surface area contributed by atoms with E-state index in [2.05, 4.69) is 21.2 Å². The topological polar surface area (TPSA) is 58.6 Å². The molecule has 0 fully saturated rings. The van der Waals surface area contributed by atoms with Crippen molar-refractivity contribution in [3.63, 3.8) is 0 Å². The van der Waals surface area contributed by atoms with Crippen LogP contribution in [0.3, 0.4) is 0 Å². The fraction of sp³-hybridized carbons (Fsp3) is 0.300. The number of rotatable bonds is 7. The van der Waals surface area contributed by atoms with Gasteiger partial charge in [0.05, 0.1) is 12.1 Å². The molecule has 2 aromatic rings. The summed E-state index contributed by atoms with van der Waals surface area (Å²) in [7, 11) is 0.